The lowest BCUT2D eigenvalue weighted by Crippen LogP contribution is -2.34. The first kappa shape index (κ1) is 14.5. The third kappa shape index (κ3) is 4.30. The Kier molecular flexibility index (Phi) is 4.96. The number of hydrogen-bond acceptors (Lipinski definition) is 5. The molecule has 0 amide bonds. The molecule has 4 nitrogen and oxygen atoms in total. The molecule has 0 saturated heterocycles. The summed E-state index contributed by atoms with van der Waals surface area (Å²) in [4.78, 5) is 1.12. The summed E-state index contributed by atoms with van der Waals surface area (Å²) in [7, 11) is 0. The van der Waals surface area contributed by atoms with E-state index in [2.05, 4.69) is 0 Å². The van der Waals surface area contributed by atoms with Gasteiger partial charge in [0.25, 0.3) is 0 Å². The van der Waals surface area contributed by atoms with E-state index in [0.29, 0.717) is 19.6 Å². The first-order chi connectivity index (χ1) is 9.11. The Morgan fingerprint density at radius 3 is 2.79 bits per heavy atom. The molecule has 2 rings (SSSR count). The molecule has 3 N–H and O–H groups in total. The number of nitrogens with two attached hydrogens (primary N) is 1. The van der Waals surface area contributed by atoms with Crippen molar-refractivity contribution < 1.29 is 14.6 Å². The quantitative estimate of drug-likeness (QED) is 0.810. The van der Waals surface area contributed by atoms with E-state index >= 15 is 0 Å². The van der Waals surface area contributed by atoms with Gasteiger partial charge in [-0.25, -0.2) is 0 Å². The van der Waals surface area contributed by atoms with Crippen LogP contribution in [0.2, 0.25) is 0 Å². The molecule has 0 saturated carbocycles. The standard InChI is InChI=1S/C14H21NO3S/c1-14(16,10-15)5-8-19-11-3-4-12-13(9-11)18-7-2-6-17-12/h3-4,9,16H,2,5-8,10,15H2,1H3. The van der Waals surface area contributed by atoms with Gasteiger partial charge in [0.05, 0.1) is 18.8 Å². The number of benzene rings is 1. The minimum atomic E-state index is -0.779. The molecule has 1 heterocycles. The van der Waals surface area contributed by atoms with Crippen LogP contribution in [0.5, 0.6) is 11.5 Å². The van der Waals surface area contributed by atoms with Crippen LogP contribution in [0.4, 0.5) is 0 Å². The molecule has 1 atom stereocenters. The maximum Gasteiger partial charge on any atom is 0.162 e. The fourth-order valence-electron chi connectivity index (χ4n) is 1.72. The largest absolute Gasteiger partial charge is 0.490 e. The summed E-state index contributed by atoms with van der Waals surface area (Å²) in [5.74, 6) is 2.45. The number of hydrogen-bond donors (Lipinski definition) is 2. The van der Waals surface area contributed by atoms with E-state index in [9.17, 15) is 5.11 Å². The average Bonchev–Trinajstić information content (AvgIpc) is 2.63. The molecule has 0 bridgehead atoms. The van der Waals surface area contributed by atoms with Gasteiger partial charge in [-0.3, -0.25) is 0 Å². The number of thioether (sulfide) groups is 1. The van der Waals surface area contributed by atoms with Crippen LogP contribution in [-0.2, 0) is 0 Å². The Morgan fingerprint density at radius 1 is 1.32 bits per heavy atom. The van der Waals surface area contributed by atoms with Gasteiger partial charge in [-0.2, -0.15) is 0 Å². The minimum Gasteiger partial charge on any atom is -0.490 e. The van der Waals surface area contributed by atoms with Gasteiger partial charge in [-0.05, 0) is 31.5 Å². The minimum absolute atomic E-state index is 0.286. The van der Waals surface area contributed by atoms with Crippen LogP contribution in [0.3, 0.4) is 0 Å². The Balaban J connectivity index is 1.93. The molecular formula is C14H21NO3S. The Hall–Kier alpha value is -0.910. The first-order valence-corrected chi connectivity index (χ1v) is 7.54. The molecule has 1 aliphatic heterocycles. The van der Waals surface area contributed by atoms with Crippen molar-refractivity contribution in [2.75, 3.05) is 25.5 Å². The molecule has 0 aromatic heterocycles. The van der Waals surface area contributed by atoms with Crippen molar-refractivity contribution in [1.29, 1.82) is 0 Å². The Morgan fingerprint density at radius 2 is 2.05 bits per heavy atom. The highest BCUT2D eigenvalue weighted by atomic mass is 32.2. The lowest BCUT2D eigenvalue weighted by Gasteiger charge is -2.20. The lowest BCUT2D eigenvalue weighted by molar-refractivity contribution is 0.0665. The average molecular weight is 283 g/mol. The molecule has 0 fully saturated rings. The van der Waals surface area contributed by atoms with E-state index in [1.807, 2.05) is 18.2 Å². The van der Waals surface area contributed by atoms with Gasteiger partial charge >= 0.3 is 0 Å². The number of rotatable bonds is 5. The zero-order valence-corrected chi connectivity index (χ0v) is 12.0. The summed E-state index contributed by atoms with van der Waals surface area (Å²) in [6.45, 7) is 3.46. The second-order valence-electron chi connectivity index (χ2n) is 4.96. The van der Waals surface area contributed by atoms with Crippen molar-refractivity contribution in [2.24, 2.45) is 5.73 Å². The first-order valence-electron chi connectivity index (χ1n) is 6.56. The van der Waals surface area contributed by atoms with Crippen LogP contribution in [0, 0.1) is 0 Å². The van der Waals surface area contributed by atoms with Gasteiger partial charge in [0.15, 0.2) is 11.5 Å². The smallest absolute Gasteiger partial charge is 0.162 e. The van der Waals surface area contributed by atoms with Gasteiger partial charge in [0.1, 0.15) is 0 Å². The summed E-state index contributed by atoms with van der Waals surface area (Å²) >= 11 is 1.69. The van der Waals surface area contributed by atoms with E-state index < -0.39 is 5.60 Å². The van der Waals surface area contributed by atoms with Gasteiger partial charge in [-0.1, -0.05) is 0 Å². The molecule has 106 valence electrons. The predicted molar refractivity (Wildman–Crippen MR) is 77.1 cm³/mol. The van der Waals surface area contributed by atoms with Crippen LogP contribution in [0.1, 0.15) is 19.8 Å². The topological polar surface area (TPSA) is 64.7 Å². The van der Waals surface area contributed by atoms with E-state index in [0.717, 1.165) is 28.6 Å². The number of fused-ring (bicyclic) bond motifs is 1. The molecule has 1 unspecified atom stereocenters. The van der Waals surface area contributed by atoms with Crippen LogP contribution in [-0.4, -0.2) is 36.2 Å². The van der Waals surface area contributed by atoms with Gasteiger partial charge in [0, 0.05) is 23.6 Å². The van der Waals surface area contributed by atoms with Crippen LogP contribution in [0.25, 0.3) is 0 Å². The molecular weight excluding hydrogens is 262 g/mol. The van der Waals surface area contributed by atoms with Crippen LogP contribution >= 0.6 is 11.8 Å². The van der Waals surface area contributed by atoms with Gasteiger partial charge in [-0.15, -0.1) is 11.8 Å². The highest BCUT2D eigenvalue weighted by molar-refractivity contribution is 7.99. The summed E-state index contributed by atoms with van der Waals surface area (Å²) < 4.78 is 11.2. The summed E-state index contributed by atoms with van der Waals surface area (Å²) in [6.07, 6.45) is 1.58. The molecule has 1 aromatic rings. The Labute approximate surface area is 118 Å². The molecule has 0 radical (unpaired) electrons. The summed E-state index contributed by atoms with van der Waals surface area (Å²) in [5.41, 5.74) is 4.72. The fraction of sp³-hybridized carbons (Fsp3) is 0.571. The lowest BCUT2D eigenvalue weighted by atomic mass is 10.1. The zero-order valence-electron chi connectivity index (χ0n) is 11.2. The third-order valence-corrected chi connectivity index (χ3v) is 4.06. The molecule has 19 heavy (non-hydrogen) atoms. The second-order valence-corrected chi connectivity index (χ2v) is 6.13. The molecule has 5 heteroatoms. The molecule has 1 aromatic carbocycles. The van der Waals surface area contributed by atoms with E-state index in [1.165, 1.54) is 0 Å². The second kappa shape index (κ2) is 6.50. The van der Waals surface area contributed by atoms with E-state index in [4.69, 9.17) is 15.2 Å². The Bertz CT molecular complexity index is 423. The van der Waals surface area contributed by atoms with Crippen LogP contribution in [0.15, 0.2) is 23.1 Å². The van der Waals surface area contributed by atoms with Crippen LogP contribution < -0.4 is 15.2 Å². The highest BCUT2D eigenvalue weighted by Crippen LogP contribution is 2.34. The number of ether oxygens (including phenoxy) is 2. The van der Waals surface area contributed by atoms with Crippen molar-refractivity contribution in [1.82, 2.24) is 0 Å². The van der Waals surface area contributed by atoms with Crippen molar-refractivity contribution in [3.8, 4) is 11.5 Å². The molecule has 1 aliphatic rings. The normalized spacial score (nSPS) is 17.6. The van der Waals surface area contributed by atoms with Gasteiger partial charge < -0.3 is 20.3 Å². The zero-order chi connectivity index (χ0) is 13.7. The van der Waals surface area contributed by atoms with E-state index in [1.54, 1.807) is 18.7 Å². The maximum atomic E-state index is 9.85. The van der Waals surface area contributed by atoms with Crippen molar-refractivity contribution >= 4 is 11.8 Å². The van der Waals surface area contributed by atoms with Crippen molar-refractivity contribution in [3.05, 3.63) is 18.2 Å². The highest BCUT2D eigenvalue weighted by Gasteiger charge is 2.17. The predicted octanol–water partition coefficient (Wildman–Crippen LogP) is 2.04. The fourth-order valence-corrected chi connectivity index (χ4v) is 2.86. The SMILES string of the molecule is CC(O)(CN)CCSc1ccc2c(c1)OCCCO2. The molecule has 0 aliphatic carbocycles. The summed E-state index contributed by atoms with van der Waals surface area (Å²) in [6, 6.07) is 5.97. The third-order valence-electron chi connectivity index (χ3n) is 3.07. The van der Waals surface area contributed by atoms with Gasteiger partial charge in [0.2, 0.25) is 0 Å². The van der Waals surface area contributed by atoms with Crippen molar-refractivity contribution in [2.45, 2.75) is 30.3 Å². The molecule has 0 spiro atoms. The summed E-state index contributed by atoms with van der Waals surface area (Å²) in [5, 5.41) is 9.85. The van der Waals surface area contributed by atoms with E-state index in [-0.39, 0.29) is 6.54 Å². The van der Waals surface area contributed by atoms with Crippen molar-refractivity contribution in [3.63, 3.8) is 0 Å². The monoisotopic (exact) mass is 283 g/mol. The maximum absolute atomic E-state index is 9.85. The number of aliphatic hydroxyl groups is 1.